The molecule has 0 aromatic carbocycles. The molecule has 0 aromatic rings. The van der Waals surface area contributed by atoms with Gasteiger partial charge < -0.3 is 9.84 Å². The maximum Gasteiger partial charge on any atom is 0.108 e. The molecule has 1 N–H and O–H groups in total. The van der Waals surface area contributed by atoms with Crippen LogP contribution in [0.4, 0.5) is 0 Å². The van der Waals surface area contributed by atoms with Crippen LogP contribution in [-0.4, -0.2) is 24.9 Å². The topological polar surface area (TPSA) is 29.5 Å². The first kappa shape index (κ1) is 19.7. The zero-order valence-electron chi connectivity index (χ0n) is 14.0. The molecule has 0 amide bonds. The fraction of sp³-hybridized carbons (Fsp3) is 0.579. The van der Waals surface area contributed by atoms with Crippen LogP contribution >= 0.6 is 0 Å². The maximum atomic E-state index is 8.48. The fourth-order valence-corrected chi connectivity index (χ4v) is 1.76. The van der Waals surface area contributed by atoms with Crippen molar-refractivity contribution in [3.05, 3.63) is 34.9 Å². The Balaban J connectivity index is 3.80. The Bertz CT molecular complexity index is 413. The average molecular weight is 290 g/mol. The zero-order chi connectivity index (χ0) is 15.9. The number of aliphatic hydroxyl groups is 1. The molecule has 0 radical (unpaired) electrons. The Hall–Kier alpha value is -1.30. The monoisotopic (exact) mass is 290 g/mol. The summed E-state index contributed by atoms with van der Waals surface area (Å²) in [4.78, 5) is 0. The van der Waals surface area contributed by atoms with Gasteiger partial charge in [-0.3, -0.25) is 0 Å². The summed E-state index contributed by atoms with van der Waals surface area (Å²) in [7, 11) is 0. The minimum atomic E-state index is -0.0997. The van der Waals surface area contributed by atoms with E-state index in [1.807, 2.05) is 0 Å². The predicted molar refractivity (Wildman–Crippen MR) is 91.1 cm³/mol. The van der Waals surface area contributed by atoms with Crippen molar-refractivity contribution in [3.63, 3.8) is 0 Å². The van der Waals surface area contributed by atoms with Crippen LogP contribution in [-0.2, 0) is 4.74 Å². The van der Waals surface area contributed by atoms with Crippen molar-refractivity contribution in [1.29, 1.82) is 0 Å². The number of rotatable bonds is 9. The summed E-state index contributed by atoms with van der Waals surface area (Å²) in [5, 5.41) is 8.48. The highest BCUT2D eigenvalue weighted by molar-refractivity contribution is 5.05. The van der Waals surface area contributed by atoms with Gasteiger partial charge in [-0.2, -0.15) is 0 Å². The molecule has 0 saturated carbocycles. The first-order valence-electron chi connectivity index (χ1n) is 7.65. The van der Waals surface area contributed by atoms with Crippen molar-refractivity contribution in [2.75, 3.05) is 19.8 Å². The second kappa shape index (κ2) is 13.7. The lowest BCUT2D eigenvalue weighted by Crippen LogP contribution is -1.92. The zero-order valence-corrected chi connectivity index (χ0v) is 14.0. The second-order valence-corrected chi connectivity index (χ2v) is 5.49. The van der Waals surface area contributed by atoms with E-state index in [9.17, 15) is 0 Å². The van der Waals surface area contributed by atoms with Gasteiger partial charge in [-0.15, -0.1) is 0 Å². The molecule has 0 aromatic heterocycles. The van der Waals surface area contributed by atoms with E-state index in [1.165, 1.54) is 16.7 Å². The van der Waals surface area contributed by atoms with Crippen molar-refractivity contribution < 1.29 is 9.84 Å². The van der Waals surface area contributed by atoms with Crippen LogP contribution in [0.15, 0.2) is 34.9 Å². The molecule has 0 atom stereocenters. The van der Waals surface area contributed by atoms with Crippen LogP contribution < -0.4 is 0 Å². The lowest BCUT2D eigenvalue weighted by atomic mass is 10.1. The number of ether oxygens (including phenoxy) is 1. The van der Waals surface area contributed by atoms with Gasteiger partial charge in [0.05, 0.1) is 6.61 Å². The summed E-state index contributed by atoms with van der Waals surface area (Å²) < 4.78 is 5.33. The molecular weight excluding hydrogens is 260 g/mol. The average Bonchev–Trinajstić information content (AvgIpc) is 2.42. The van der Waals surface area contributed by atoms with Gasteiger partial charge in [-0.1, -0.05) is 46.8 Å². The molecule has 118 valence electrons. The van der Waals surface area contributed by atoms with E-state index in [1.54, 1.807) is 0 Å². The molecule has 0 saturated heterocycles. The number of aliphatic hydroxyl groups excluding tert-OH is 1. The van der Waals surface area contributed by atoms with E-state index in [4.69, 9.17) is 9.84 Å². The number of allylic oxidation sites excluding steroid dienone is 5. The normalized spacial score (nSPS) is 11.9. The summed E-state index contributed by atoms with van der Waals surface area (Å²) in [6.07, 6.45) is 11.2. The van der Waals surface area contributed by atoms with Crippen molar-refractivity contribution in [2.45, 2.75) is 53.4 Å². The van der Waals surface area contributed by atoms with Gasteiger partial charge in [0, 0.05) is 0 Å². The molecule has 2 nitrogen and oxygen atoms in total. The van der Waals surface area contributed by atoms with Crippen LogP contribution in [0.2, 0.25) is 0 Å². The first-order valence-corrected chi connectivity index (χ1v) is 7.65. The van der Waals surface area contributed by atoms with Crippen molar-refractivity contribution in [2.24, 2.45) is 0 Å². The van der Waals surface area contributed by atoms with Crippen molar-refractivity contribution in [1.82, 2.24) is 0 Å². The van der Waals surface area contributed by atoms with Gasteiger partial charge in [0.15, 0.2) is 0 Å². The summed E-state index contributed by atoms with van der Waals surface area (Å²) in [6, 6.07) is 0. The van der Waals surface area contributed by atoms with Crippen LogP contribution in [0.3, 0.4) is 0 Å². The largest absolute Gasteiger partial charge is 0.384 e. The first-order chi connectivity index (χ1) is 10.1. The third kappa shape index (κ3) is 14.9. The van der Waals surface area contributed by atoms with Crippen molar-refractivity contribution in [3.8, 4) is 11.8 Å². The molecule has 0 heterocycles. The van der Waals surface area contributed by atoms with Crippen LogP contribution in [0.5, 0.6) is 0 Å². The second-order valence-electron chi connectivity index (χ2n) is 5.49. The summed E-state index contributed by atoms with van der Waals surface area (Å²) in [5.74, 6) is 5.28. The quantitative estimate of drug-likeness (QED) is 0.387. The Morgan fingerprint density at radius 2 is 1.52 bits per heavy atom. The van der Waals surface area contributed by atoms with Crippen LogP contribution in [0, 0.1) is 11.8 Å². The molecule has 0 aliphatic heterocycles. The van der Waals surface area contributed by atoms with Gasteiger partial charge in [0.2, 0.25) is 0 Å². The molecule has 0 unspecified atom stereocenters. The standard InChI is InChI=1S/C19H30O2/c1-17(2)9-7-10-18(3)11-8-12-19(4)13-16-21-15-6-5-14-20/h9,11,13,20H,7-8,10,12,14-16H2,1-4H3/b18-11+,19-13+. The maximum absolute atomic E-state index is 8.48. The SMILES string of the molecule is CC(C)=CCC/C(C)=C/CC/C(C)=C/COCC#CCO. The predicted octanol–water partition coefficient (Wildman–Crippen LogP) is 4.42. The summed E-state index contributed by atoms with van der Waals surface area (Å²) >= 11 is 0. The van der Waals surface area contributed by atoms with Crippen molar-refractivity contribution >= 4 is 0 Å². The van der Waals surface area contributed by atoms with E-state index in [2.05, 4.69) is 57.8 Å². The van der Waals surface area contributed by atoms with E-state index in [0.29, 0.717) is 13.2 Å². The molecule has 0 spiro atoms. The van der Waals surface area contributed by atoms with E-state index < -0.39 is 0 Å². The highest BCUT2D eigenvalue weighted by atomic mass is 16.5. The third-order valence-electron chi connectivity index (χ3n) is 3.05. The molecule has 0 rings (SSSR count). The smallest absolute Gasteiger partial charge is 0.108 e. The minimum Gasteiger partial charge on any atom is -0.384 e. The van der Waals surface area contributed by atoms with Gasteiger partial charge in [-0.05, 0) is 53.4 Å². The molecule has 0 fully saturated rings. The molecule has 21 heavy (non-hydrogen) atoms. The Kier molecular flexibility index (Phi) is 12.8. The van der Waals surface area contributed by atoms with E-state index in [-0.39, 0.29) is 6.61 Å². The van der Waals surface area contributed by atoms with Crippen LogP contribution in [0.25, 0.3) is 0 Å². The van der Waals surface area contributed by atoms with Gasteiger partial charge in [0.1, 0.15) is 13.2 Å². The molecule has 0 aliphatic carbocycles. The Morgan fingerprint density at radius 3 is 2.14 bits per heavy atom. The summed E-state index contributed by atoms with van der Waals surface area (Å²) in [6.45, 7) is 9.51. The van der Waals surface area contributed by atoms with Crippen LogP contribution in [0.1, 0.15) is 53.4 Å². The highest BCUT2D eigenvalue weighted by Crippen LogP contribution is 2.11. The fourth-order valence-electron chi connectivity index (χ4n) is 1.76. The van der Waals surface area contributed by atoms with E-state index >= 15 is 0 Å². The van der Waals surface area contributed by atoms with Gasteiger partial charge in [0.25, 0.3) is 0 Å². The lowest BCUT2D eigenvalue weighted by molar-refractivity contribution is 0.198. The van der Waals surface area contributed by atoms with E-state index in [0.717, 1.165) is 25.7 Å². The summed E-state index contributed by atoms with van der Waals surface area (Å²) in [5.41, 5.74) is 4.21. The van der Waals surface area contributed by atoms with Gasteiger partial charge >= 0.3 is 0 Å². The minimum absolute atomic E-state index is 0.0997. The molecule has 2 heteroatoms. The Morgan fingerprint density at radius 1 is 0.905 bits per heavy atom. The number of hydrogen-bond donors (Lipinski definition) is 1. The molecule has 0 bridgehead atoms. The number of hydrogen-bond acceptors (Lipinski definition) is 2. The van der Waals surface area contributed by atoms with Gasteiger partial charge in [-0.25, -0.2) is 0 Å². The molecule has 0 aliphatic rings. The Labute approximate surface area is 130 Å². The lowest BCUT2D eigenvalue weighted by Gasteiger charge is -2.02. The highest BCUT2D eigenvalue weighted by Gasteiger charge is 1.92. The molecular formula is C19H30O2. The third-order valence-corrected chi connectivity index (χ3v) is 3.05.